The van der Waals surface area contributed by atoms with Crippen molar-refractivity contribution in [2.45, 2.75) is 39.8 Å². The third-order valence-corrected chi connectivity index (χ3v) is 4.23. The van der Waals surface area contributed by atoms with Crippen molar-refractivity contribution in [3.05, 3.63) is 39.4 Å². The Hall–Kier alpha value is -1.09. The highest BCUT2D eigenvalue weighted by Crippen LogP contribution is 2.15. The lowest BCUT2D eigenvalue weighted by atomic mass is 10.1. The molecule has 2 N–H and O–H groups in total. The molecule has 0 aliphatic heterocycles. The van der Waals surface area contributed by atoms with Gasteiger partial charge in [-0.3, -0.25) is 4.99 Å². The van der Waals surface area contributed by atoms with E-state index in [1.165, 1.54) is 10.4 Å². The lowest BCUT2D eigenvalue weighted by Crippen LogP contribution is -2.36. The first kappa shape index (κ1) is 19.0. The van der Waals surface area contributed by atoms with Crippen LogP contribution in [0.3, 0.4) is 0 Å². The Bertz CT molecular complexity index is 606. The first-order valence-corrected chi connectivity index (χ1v) is 7.91. The number of halogens is 1. The molecule has 2 aromatic heterocycles. The van der Waals surface area contributed by atoms with Gasteiger partial charge in [-0.05, 0) is 29.9 Å². The van der Waals surface area contributed by atoms with Crippen molar-refractivity contribution in [1.82, 2.24) is 15.8 Å². The summed E-state index contributed by atoms with van der Waals surface area (Å²) in [6.45, 7) is 7.66. The molecule has 0 unspecified atom stereocenters. The van der Waals surface area contributed by atoms with E-state index in [0.717, 1.165) is 24.0 Å². The minimum atomic E-state index is 0. The molecule has 122 valence electrons. The van der Waals surface area contributed by atoms with E-state index in [1.807, 2.05) is 6.07 Å². The average molecular weight is 434 g/mol. The Morgan fingerprint density at radius 3 is 2.64 bits per heavy atom. The molecule has 0 saturated heterocycles. The third kappa shape index (κ3) is 5.28. The van der Waals surface area contributed by atoms with Crippen molar-refractivity contribution in [3.63, 3.8) is 0 Å². The molecule has 0 spiro atoms. The normalized spacial score (nSPS) is 11.4. The average Bonchev–Trinajstić information content (AvgIpc) is 3.08. The van der Waals surface area contributed by atoms with E-state index in [4.69, 9.17) is 4.52 Å². The largest absolute Gasteiger partial charge is 0.359 e. The third-order valence-electron chi connectivity index (χ3n) is 3.21. The molecule has 0 saturated carbocycles. The van der Waals surface area contributed by atoms with Gasteiger partial charge in [-0.1, -0.05) is 19.0 Å². The van der Waals surface area contributed by atoms with Crippen LogP contribution in [0.25, 0.3) is 0 Å². The number of hydrogen-bond acceptors (Lipinski definition) is 4. The maximum atomic E-state index is 5.30. The fourth-order valence-corrected chi connectivity index (χ4v) is 2.67. The van der Waals surface area contributed by atoms with E-state index in [9.17, 15) is 0 Å². The molecule has 2 aromatic rings. The Kier molecular flexibility index (Phi) is 7.88. The maximum Gasteiger partial charge on any atom is 0.191 e. The van der Waals surface area contributed by atoms with Crippen molar-refractivity contribution >= 4 is 41.3 Å². The van der Waals surface area contributed by atoms with Crippen LogP contribution < -0.4 is 10.6 Å². The fourth-order valence-electron chi connectivity index (χ4n) is 1.83. The van der Waals surface area contributed by atoms with Gasteiger partial charge in [-0.2, -0.15) is 0 Å². The summed E-state index contributed by atoms with van der Waals surface area (Å²) in [6.07, 6.45) is 0. The quantitative estimate of drug-likeness (QED) is 0.429. The van der Waals surface area contributed by atoms with Crippen molar-refractivity contribution in [2.24, 2.45) is 4.99 Å². The molecule has 22 heavy (non-hydrogen) atoms. The molecular formula is C15H23IN4OS. The van der Waals surface area contributed by atoms with Crippen LogP contribution in [0.2, 0.25) is 0 Å². The van der Waals surface area contributed by atoms with Crippen LogP contribution in [-0.4, -0.2) is 18.2 Å². The van der Waals surface area contributed by atoms with Crippen molar-refractivity contribution < 1.29 is 4.52 Å². The van der Waals surface area contributed by atoms with Gasteiger partial charge < -0.3 is 15.2 Å². The molecule has 0 amide bonds. The smallest absolute Gasteiger partial charge is 0.191 e. The summed E-state index contributed by atoms with van der Waals surface area (Å²) in [6, 6.07) is 4.11. The number of aryl methyl sites for hydroxylation is 1. The number of aromatic nitrogens is 1. The fraction of sp³-hybridized carbons (Fsp3) is 0.467. The molecule has 0 fully saturated rings. The molecule has 0 radical (unpaired) electrons. The van der Waals surface area contributed by atoms with E-state index in [0.29, 0.717) is 12.5 Å². The van der Waals surface area contributed by atoms with Crippen LogP contribution in [0, 0.1) is 6.92 Å². The van der Waals surface area contributed by atoms with Gasteiger partial charge in [0.15, 0.2) is 11.7 Å². The zero-order valence-corrected chi connectivity index (χ0v) is 16.5. The number of aliphatic imine (C=N–C) groups is 1. The number of nitrogens with zero attached hydrogens (tertiary/aromatic N) is 2. The Balaban J connectivity index is 0.00000242. The second kappa shape index (κ2) is 9.14. The summed E-state index contributed by atoms with van der Waals surface area (Å²) in [4.78, 5) is 5.53. The van der Waals surface area contributed by atoms with Crippen LogP contribution in [-0.2, 0) is 13.1 Å². The second-order valence-electron chi connectivity index (χ2n) is 5.18. The summed E-state index contributed by atoms with van der Waals surface area (Å²) < 4.78 is 5.30. The monoisotopic (exact) mass is 434 g/mol. The van der Waals surface area contributed by atoms with Crippen molar-refractivity contribution in [2.75, 3.05) is 7.05 Å². The highest BCUT2D eigenvalue weighted by atomic mass is 127. The predicted molar refractivity (Wildman–Crippen MR) is 102 cm³/mol. The number of hydrogen-bond donors (Lipinski definition) is 2. The summed E-state index contributed by atoms with van der Waals surface area (Å²) in [5, 5.41) is 12.7. The molecule has 0 aliphatic rings. The van der Waals surface area contributed by atoms with Crippen LogP contribution in [0.5, 0.6) is 0 Å². The first-order valence-electron chi connectivity index (χ1n) is 7.03. The minimum Gasteiger partial charge on any atom is -0.359 e. The molecule has 7 heteroatoms. The predicted octanol–water partition coefficient (Wildman–Crippen LogP) is 3.65. The second-order valence-corrected chi connectivity index (χ2v) is 6.18. The standard InChI is InChI=1S/C15H22N4OS.HI/c1-10(2)13-7-12(20-19-13)8-17-15(16-4)18-9-14-11(3)5-6-21-14;/h5-7,10H,8-9H2,1-4H3,(H2,16,17,18);1H. The zero-order chi connectivity index (χ0) is 15.2. The summed E-state index contributed by atoms with van der Waals surface area (Å²) in [5.74, 6) is 1.95. The van der Waals surface area contributed by atoms with E-state index >= 15 is 0 Å². The maximum absolute atomic E-state index is 5.30. The van der Waals surface area contributed by atoms with Gasteiger partial charge >= 0.3 is 0 Å². The van der Waals surface area contributed by atoms with Gasteiger partial charge in [0.2, 0.25) is 0 Å². The lowest BCUT2D eigenvalue weighted by Gasteiger charge is -2.10. The van der Waals surface area contributed by atoms with Gasteiger partial charge in [0.25, 0.3) is 0 Å². The summed E-state index contributed by atoms with van der Waals surface area (Å²) >= 11 is 1.75. The SMILES string of the molecule is CN=C(NCc1cc(C(C)C)no1)NCc1sccc1C.I. The van der Waals surface area contributed by atoms with E-state index in [2.05, 4.69) is 53.0 Å². The number of thiophene rings is 1. The topological polar surface area (TPSA) is 62.5 Å². The highest BCUT2D eigenvalue weighted by molar-refractivity contribution is 14.0. The van der Waals surface area contributed by atoms with Crippen molar-refractivity contribution in [1.29, 1.82) is 0 Å². The molecule has 0 bridgehead atoms. The lowest BCUT2D eigenvalue weighted by molar-refractivity contribution is 0.372. The zero-order valence-electron chi connectivity index (χ0n) is 13.3. The van der Waals surface area contributed by atoms with Gasteiger partial charge in [-0.15, -0.1) is 35.3 Å². The van der Waals surface area contributed by atoms with Gasteiger partial charge in [-0.25, -0.2) is 0 Å². The van der Waals surface area contributed by atoms with Gasteiger partial charge in [0.05, 0.1) is 18.8 Å². The first-order chi connectivity index (χ1) is 10.1. The molecule has 0 atom stereocenters. The Morgan fingerprint density at radius 2 is 2.09 bits per heavy atom. The summed E-state index contributed by atoms with van der Waals surface area (Å²) in [5.41, 5.74) is 2.28. The van der Waals surface area contributed by atoms with E-state index in [1.54, 1.807) is 18.4 Å². The number of rotatable bonds is 5. The molecule has 0 aromatic carbocycles. The van der Waals surface area contributed by atoms with Crippen LogP contribution in [0.1, 0.15) is 41.7 Å². The van der Waals surface area contributed by atoms with Crippen LogP contribution >= 0.6 is 35.3 Å². The number of nitrogens with one attached hydrogen (secondary N) is 2. The van der Waals surface area contributed by atoms with Gasteiger partial charge in [0.1, 0.15) is 0 Å². The molecule has 5 nitrogen and oxygen atoms in total. The minimum absolute atomic E-state index is 0. The molecule has 0 aliphatic carbocycles. The van der Waals surface area contributed by atoms with Crippen LogP contribution in [0.4, 0.5) is 0 Å². The highest BCUT2D eigenvalue weighted by Gasteiger charge is 2.08. The molecular weight excluding hydrogens is 411 g/mol. The molecule has 2 rings (SSSR count). The van der Waals surface area contributed by atoms with Crippen LogP contribution in [0.15, 0.2) is 27.0 Å². The van der Waals surface area contributed by atoms with E-state index < -0.39 is 0 Å². The van der Waals surface area contributed by atoms with Crippen molar-refractivity contribution in [3.8, 4) is 0 Å². The Morgan fingerprint density at radius 1 is 1.36 bits per heavy atom. The van der Waals surface area contributed by atoms with E-state index in [-0.39, 0.29) is 24.0 Å². The Labute approximate surface area is 152 Å². The number of guanidine groups is 1. The molecule has 2 heterocycles. The van der Waals surface area contributed by atoms with Gasteiger partial charge in [0, 0.05) is 18.0 Å². The summed E-state index contributed by atoms with van der Waals surface area (Å²) in [7, 11) is 1.76.